The Morgan fingerprint density at radius 3 is 2.93 bits per heavy atom. The number of carbonyl (C=O) groups is 2. The largest absolute Gasteiger partial charge is 0.480 e. The third-order valence-corrected chi connectivity index (χ3v) is 1.98. The van der Waals surface area contributed by atoms with E-state index in [0.717, 1.165) is 6.42 Å². The van der Waals surface area contributed by atoms with E-state index < -0.39 is 18.1 Å². The lowest BCUT2D eigenvalue weighted by atomic mass is 10.1. The number of carboxylic acid groups (broad SMARTS) is 1. The van der Waals surface area contributed by atoms with Gasteiger partial charge in [-0.25, -0.2) is 15.0 Å². The van der Waals surface area contributed by atoms with Crippen molar-refractivity contribution in [2.45, 2.75) is 25.3 Å². The highest BCUT2D eigenvalue weighted by Crippen LogP contribution is 2.12. The second kappa shape index (κ2) is 5.18. The Hall–Kier alpha value is -1.79. The van der Waals surface area contributed by atoms with E-state index in [2.05, 4.69) is 20.6 Å². The van der Waals surface area contributed by atoms with E-state index in [1.807, 2.05) is 0 Å². The van der Waals surface area contributed by atoms with Crippen molar-refractivity contribution in [3.05, 3.63) is 0 Å². The first-order valence-electron chi connectivity index (χ1n) is 4.53. The molecule has 1 amide bonds. The van der Waals surface area contributed by atoms with E-state index in [4.69, 9.17) is 5.11 Å². The van der Waals surface area contributed by atoms with Crippen LogP contribution >= 0.6 is 0 Å². The summed E-state index contributed by atoms with van der Waals surface area (Å²) in [5, 5.41) is 8.73. The summed E-state index contributed by atoms with van der Waals surface area (Å²) in [5.74, 6) is -0.494. The van der Waals surface area contributed by atoms with Gasteiger partial charge in [0.25, 0.3) is 0 Å². The number of ether oxygens (including phenoxy) is 1. The molecule has 1 atom stereocenters. The maximum Gasteiger partial charge on any atom is 0.425 e. The quantitative estimate of drug-likeness (QED) is 0.529. The molecular formula is C8H13N3O4. The molecule has 1 rings (SSSR count). The minimum atomic E-state index is -0.952. The lowest BCUT2D eigenvalue weighted by Crippen LogP contribution is -2.43. The van der Waals surface area contributed by atoms with Crippen LogP contribution in [0.25, 0.3) is 0 Å². The highest BCUT2D eigenvalue weighted by atomic mass is 16.5. The zero-order valence-electron chi connectivity index (χ0n) is 8.32. The van der Waals surface area contributed by atoms with Crippen molar-refractivity contribution in [2.24, 2.45) is 4.99 Å². The molecule has 0 saturated carbocycles. The van der Waals surface area contributed by atoms with E-state index >= 15 is 0 Å². The lowest BCUT2D eigenvalue weighted by Gasteiger charge is -2.18. The summed E-state index contributed by atoms with van der Waals surface area (Å²) in [6.07, 6.45) is 1.23. The first kappa shape index (κ1) is 11.3. The molecule has 0 fully saturated rings. The summed E-state index contributed by atoms with van der Waals surface area (Å²) in [6.45, 7) is 0. The standard InChI is InChI=1S/C8H13N3O4/c1-15-8(14)11-10-6-4-2-3-5(9-6)7(12)13/h5H,2-4H2,1H3,(H,9,10)(H,11,14)(H,12,13)/t5-/m0/s1. The monoisotopic (exact) mass is 215 g/mol. The maximum absolute atomic E-state index is 10.7. The zero-order valence-corrected chi connectivity index (χ0v) is 8.32. The molecule has 0 saturated heterocycles. The van der Waals surface area contributed by atoms with Crippen molar-refractivity contribution in [3.63, 3.8) is 0 Å². The van der Waals surface area contributed by atoms with Crippen molar-refractivity contribution in [2.75, 3.05) is 7.11 Å². The third kappa shape index (κ3) is 3.45. The average Bonchev–Trinajstić information content (AvgIpc) is 2.26. The number of hydrogen-bond donors (Lipinski definition) is 3. The van der Waals surface area contributed by atoms with Gasteiger partial charge < -0.3 is 9.84 Å². The number of carboxylic acids is 1. The Kier molecular flexibility index (Phi) is 3.90. The number of carbonyl (C=O) groups excluding carboxylic acids is 1. The smallest absolute Gasteiger partial charge is 0.425 e. The van der Waals surface area contributed by atoms with E-state index in [9.17, 15) is 9.59 Å². The van der Waals surface area contributed by atoms with Gasteiger partial charge in [-0.2, -0.15) is 0 Å². The molecule has 0 aromatic carbocycles. The number of aliphatic imine (C=N–C) groups is 1. The summed E-state index contributed by atoms with van der Waals surface area (Å²) < 4.78 is 4.33. The van der Waals surface area contributed by atoms with Gasteiger partial charge >= 0.3 is 12.1 Å². The number of rotatable bonds is 1. The molecule has 1 aliphatic heterocycles. The van der Waals surface area contributed by atoms with Crippen LogP contribution < -0.4 is 10.9 Å². The number of amidine groups is 1. The minimum absolute atomic E-state index is 0.457. The van der Waals surface area contributed by atoms with Crippen LogP contribution in [0.15, 0.2) is 4.99 Å². The number of amides is 1. The van der Waals surface area contributed by atoms with E-state index in [0.29, 0.717) is 18.7 Å². The molecular weight excluding hydrogens is 202 g/mol. The molecule has 0 unspecified atom stereocenters. The van der Waals surface area contributed by atoms with Gasteiger partial charge in [0.1, 0.15) is 11.9 Å². The fourth-order valence-electron chi connectivity index (χ4n) is 1.23. The third-order valence-electron chi connectivity index (χ3n) is 1.98. The number of nitrogens with one attached hydrogen (secondary N) is 2. The SMILES string of the molecule is COC(=O)NNC1=N[C@H](C(=O)O)CCC1. The molecule has 0 aliphatic carbocycles. The Morgan fingerprint density at radius 2 is 2.33 bits per heavy atom. The number of hydrazine groups is 1. The second-order valence-corrected chi connectivity index (χ2v) is 3.06. The van der Waals surface area contributed by atoms with Crippen LogP contribution in [0.5, 0.6) is 0 Å². The summed E-state index contributed by atoms with van der Waals surface area (Å²) in [6, 6.07) is -0.722. The van der Waals surface area contributed by atoms with Crippen molar-refractivity contribution >= 4 is 17.9 Å². The first-order chi connectivity index (χ1) is 7.13. The number of nitrogens with zero attached hydrogens (tertiary/aromatic N) is 1. The van der Waals surface area contributed by atoms with Crippen LogP contribution in [-0.4, -0.2) is 36.2 Å². The van der Waals surface area contributed by atoms with Gasteiger partial charge in [0.15, 0.2) is 0 Å². The van der Waals surface area contributed by atoms with Gasteiger partial charge in [-0.15, -0.1) is 0 Å². The van der Waals surface area contributed by atoms with Gasteiger partial charge in [-0.1, -0.05) is 0 Å². The van der Waals surface area contributed by atoms with Crippen molar-refractivity contribution in [1.29, 1.82) is 0 Å². The molecule has 3 N–H and O–H groups in total. The first-order valence-corrected chi connectivity index (χ1v) is 4.53. The van der Waals surface area contributed by atoms with Crippen LogP contribution in [0.4, 0.5) is 4.79 Å². The van der Waals surface area contributed by atoms with Crippen molar-refractivity contribution < 1.29 is 19.4 Å². The topological polar surface area (TPSA) is 100 Å². The summed E-state index contributed by atoms with van der Waals surface area (Å²) in [4.78, 5) is 25.3. The molecule has 84 valence electrons. The Labute approximate surface area is 86.5 Å². The maximum atomic E-state index is 10.7. The normalized spacial score (nSPS) is 20.1. The molecule has 0 aromatic rings. The number of aliphatic carboxylic acids is 1. The Balaban J connectivity index is 2.47. The van der Waals surface area contributed by atoms with Crippen molar-refractivity contribution in [3.8, 4) is 0 Å². The zero-order chi connectivity index (χ0) is 11.3. The van der Waals surface area contributed by atoms with E-state index in [-0.39, 0.29) is 0 Å². The molecule has 1 aliphatic rings. The molecule has 1 heterocycles. The van der Waals surface area contributed by atoms with Crippen molar-refractivity contribution in [1.82, 2.24) is 10.9 Å². The molecule has 0 spiro atoms. The van der Waals surface area contributed by atoms with Gasteiger partial charge in [0.2, 0.25) is 0 Å². The molecule has 7 heteroatoms. The predicted octanol–water partition coefficient (Wildman–Crippen LogP) is -0.117. The molecule has 0 aromatic heterocycles. The predicted molar refractivity (Wildman–Crippen MR) is 51.4 cm³/mol. The Morgan fingerprint density at radius 1 is 1.60 bits per heavy atom. The van der Waals surface area contributed by atoms with Crippen LogP contribution in [0, 0.1) is 0 Å². The highest BCUT2D eigenvalue weighted by Gasteiger charge is 2.21. The van der Waals surface area contributed by atoms with Gasteiger partial charge in [0, 0.05) is 6.42 Å². The van der Waals surface area contributed by atoms with Crippen LogP contribution in [0.1, 0.15) is 19.3 Å². The Bertz CT molecular complexity index is 290. The molecule has 7 nitrogen and oxygen atoms in total. The fourth-order valence-corrected chi connectivity index (χ4v) is 1.23. The van der Waals surface area contributed by atoms with Gasteiger partial charge in [-0.05, 0) is 12.8 Å². The lowest BCUT2D eigenvalue weighted by molar-refractivity contribution is -0.138. The van der Waals surface area contributed by atoms with Crippen LogP contribution in [0.3, 0.4) is 0 Å². The van der Waals surface area contributed by atoms with E-state index in [1.165, 1.54) is 7.11 Å². The summed E-state index contributed by atoms with van der Waals surface area (Å²) >= 11 is 0. The van der Waals surface area contributed by atoms with Crippen LogP contribution in [0.2, 0.25) is 0 Å². The summed E-state index contributed by atoms with van der Waals surface area (Å²) in [7, 11) is 1.24. The highest BCUT2D eigenvalue weighted by molar-refractivity contribution is 5.87. The van der Waals surface area contributed by atoms with Gasteiger partial charge in [0.05, 0.1) is 7.11 Å². The minimum Gasteiger partial charge on any atom is -0.480 e. The van der Waals surface area contributed by atoms with Gasteiger partial charge in [-0.3, -0.25) is 10.4 Å². The molecule has 0 bridgehead atoms. The molecule has 0 radical (unpaired) electrons. The fraction of sp³-hybridized carbons (Fsp3) is 0.625. The number of methoxy groups -OCH3 is 1. The average molecular weight is 215 g/mol. The number of hydrogen-bond acceptors (Lipinski definition) is 5. The second-order valence-electron chi connectivity index (χ2n) is 3.06. The molecule has 15 heavy (non-hydrogen) atoms. The van der Waals surface area contributed by atoms with E-state index in [1.54, 1.807) is 0 Å². The summed E-state index contributed by atoms with van der Waals surface area (Å²) in [5.41, 5.74) is 4.75. The van der Waals surface area contributed by atoms with Crippen LogP contribution in [-0.2, 0) is 9.53 Å².